The van der Waals surface area contributed by atoms with E-state index in [2.05, 4.69) is 15.7 Å². The predicted molar refractivity (Wildman–Crippen MR) is 138 cm³/mol. The van der Waals surface area contributed by atoms with Crippen LogP contribution in [0.3, 0.4) is 0 Å². The second-order valence-electron chi connectivity index (χ2n) is 8.44. The number of benzene rings is 3. The second-order valence-corrected chi connectivity index (χ2v) is 10.3. The van der Waals surface area contributed by atoms with Crippen molar-refractivity contribution >= 4 is 10.0 Å². The van der Waals surface area contributed by atoms with Gasteiger partial charge in [0, 0.05) is 13.1 Å². The summed E-state index contributed by atoms with van der Waals surface area (Å²) in [7, 11) is -3.41. The standard InChI is InChI=1S/C28H29N3O3S/c29-22-24-9-11-25(12-10-24)26-13-15-27(16-14-26)34-20-5-19-31-18-4-8-28(31)30-35(32,33)21-17-23-6-2-1-3-7-23/h1-3,6-16,30H,4-5,17-21H2. The van der Waals surface area contributed by atoms with Gasteiger partial charge in [-0.25, -0.2) is 8.42 Å². The third-order valence-corrected chi connectivity index (χ3v) is 7.14. The van der Waals surface area contributed by atoms with Crippen molar-refractivity contribution in [2.75, 3.05) is 25.4 Å². The van der Waals surface area contributed by atoms with Crippen LogP contribution < -0.4 is 9.46 Å². The Balaban J connectivity index is 1.21. The minimum Gasteiger partial charge on any atom is -0.494 e. The van der Waals surface area contributed by atoms with Crippen LogP contribution >= 0.6 is 0 Å². The van der Waals surface area contributed by atoms with Gasteiger partial charge in [-0.2, -0.15) is 5.26 Å². The number of hydrogen-bond donors (Lipinski definition) is 1. The molecule has 0 spiro atoms. The summed E-state index contributed by atoms with van der Waals surface area (Å²) in [5.41, 5.74) is 3.77. The van der Waals surface area contributed by atoms with Crippen molar-refractivity contribution in [2.45, 2.75) is 19.3 Å². The number of sulfonamides is 1. The summed E-state index contributed by atoms with van der Waals surface area (Å²) in [5, 5.41) is 8.93. The van der Waals surface area contributed by atoms with E-state index in [0.717, 1.165) is 48.4 Å². The predicted octanol–water partition coefficient (Wildman–Crippen LogP) is 4.70. The molecule has 1 aliphatic heterocycles. The molecule has 1 aliphatic rings. The number of ether oxygens (including phenoxy) is 1. The molecule has 3 aromatic carbocycles. The average molecular weight is 488 g/mol. The Kier molecular flexibility index (Phi) is 8.07. The number of aryl methyl sites for hydroxylation is 1. The van der Waals surface area contributed by atoms with Crippen molar-refractivity contribution in [3.63, 3.8) is 0 Å². The Morgan fingerprint density at radius 1 is 0.943 bits per heavy atom. The Morgan fingerprint density at radius 2 is 1.63 bits per heavy atom. The van der Waals surface area contributed by atoms with E-state index in [1.54, 1.807) is 0 Å². The molecule has 3 aromatic rings. The Labute approximate surface area is 207 Å². The van der Waals surface area contributed by atoms with E-state index in [1.165, 1.54) is 0 Å². The van der Waals surface area contributed by atoms with Crippen molar-refractivity contribution in [1.82, 2.24) is 9.62 Å². The maximum Gasteiger partial charge on any atom is 0.234 e. The third kappa shape index (κ3) is 7.11. The van der Waals surface area contributed by atoms with Crippen molar-refractivity contribution < 1.29 is 13.2 Å². The summed E-state index contributed by atoms with van der Waals surface area (Å²) < 4.78 is 33.8. The van der Waals surface area contributed by atoms with Crippen LogP contribution in [0.5, 0.6) is 5.75 Å². The summed E-state index contributed by atoms with van der Waals surface area (Å²) in [6, 6.07) is 27.2. The highest BCUT2D eigenvalue weighted by molar-refractivity contribution is 7.89. The van der Waals surface area contributed by atoms with E-state index in [1.807, 2.05) is 84.9 Å². The van der Waals surface area contributed by atoms with Gasteiger partial charge in [0.2, 0.25) is 10.0 Å². The lowest BCUT2D eigenvalue weighted by molar-refractivity contribution is 0.272. The number of nitrogens with one attached hydrogen (secondary N) is 1. The zero-order valence-electron chi connectivity index (χ0n) is 19.6. The van der Waals surface area contributed by atoms with Gasteiger partial charge in [-0.05, 0) is 66.3 Å². The SMILES string of the molecule is N#Cc1ccc(-c2ccc(OCCCN3CCC=C3NS(=O)(=O)CCc3ccccc3)cc2)cc1. The molecule has 0 saturated heterocycles. The maximum absolute atomic E-state index is 12.6. The van der Waals surface area contributed by atoms with E-state index in [4.69, 9.17) is 10.00 Å². The molecular weight excluding hydrogens is 458 g/mol. The van der Waals surface area contributed by atoms with Crippen LogP contribution in [0.15, 0.2) is 90.8 Å². The molecule has 4 rings (SSSR count). The molecule has 1 heterocycles. The van der Waals surface area contributed by atoms with Gasteiger partial charge < -0.3 is 9.64 Å². The van der Waals surface area contributed by atoms with Crippen LogP contribution in [-0.4, -0.2) is 38.8 Å². The summed E-state index contributed by atoms with van der Waals surface area (Å²) in [6.45, 7) is 2.06. The molecule has 35 heavy (non-hydrogen) atoms. The summed E-state index contributed by atoms with van der Waals surface area (Å²) in [5.74, 6) is 1.52. The van der Waals surface area contributed by atoms with Crippen molar-refractivity contribution in [3.8, 4) is 22.9 Å². The minimum absolute atomic E-state index is 0.0593. The summed E-state index contributed by atoms with van der Waals surface area (Å²) in [6.07, 6.45) is 4.04. The first-order valence-electron chi connectivity index (χ1n) is 11.8. The number of rotatable bonds is 11. The summed E-state index contributed by atoms with van der Waals surface area (Å²) in [4.78, 5) is 2.07. The van der Waals surface area contributed by atoms with E-state index >= 15 is 0 Å². The van der Waals surface area contributed by atoms with Crippen LogP contribution in [0.2, 0.25) is 0 Å². The lowest BCUT2D eigenvalue weighted by atomic mass is 10.0. The molecule has 0 atom stereocenters. The van der Waals surface area contributed by atoms with E-state index in [-0.39, 0.29) is 5.75 Å². The molecule has 0 amide bonds. The van der Waals surface area contributed by atoms with E-state index < -0.39 is 10.0 Å². The highest BCUT2D eigenvalue weighted by Crippen LogP contribution is 2.23. The van der Waals surface area contributed by atoms with Crippen molar-refractivity contribution in [1.29, 1.82) is 5.26 Å². The van der Waals surface area contributed by atoms with Crippen molar-refractivity contribution in [2.24, 2.45) is 0 Å². The van der Waals surface area contributed by atoms with Gasteiger partial charge in [0.25, 0.3) is 0 Å². The molecule has 0 bridgehead atoms. The largest absolute Gasteiger partial charge is 0.494 e. The second kappa shape index (κ2) is 11.6. The van der Waals surface area contributed by atoms with Gasteiger partial charge in [-0.3, -0.25) is 4.72 Å². The number of hydrogen-bond acceptors (Lipinski definition) is 5. The maximum atomic E-state index is 12.6. The molecule has 0 saturated carbocycles. The van der Waals surface area contributed by atoms with Gasteiger partial charge >= 0.3 is 0 Å². The molecule has 180 valence electrons. The Morgan fingerprint density at radius 3 is 2.31 bits per heavy atom. The van der Waals surface area contributed by atoms with Crippen LogP contribution in [-0.2, 0) is 16.4 Å². The van der Waals surface area contributed by atoms with Crippen LogP contribution in [0.25, 0.3) is 11.1 Å². The number of nitriles is 1. The van der Waals surface area contributed by atoms with Gasteiger partial charge in [0.15, 0.2) is 0 Å². The van der Waals surface area contributed by atoms with Gasteiger partial charge in [0.05, 0.1) is 24.0 Å². The molecule has 0 fully saturated rings. The van der Waals surface area contributed by atoms with Gasteiger partial charge in [-0.1, -0.05) is 54.6 Å². The first-order chi connectivity index (χ1) is 17.0. The third-order valence-electron chi connectivity index (χ3n) is 5.88. The Bertz CT molecular complexity index is 1280. The fourth-order valence-corrected chi connectivity index (χ4v) is 5.12. The highest BCUT2D eigenvalue weighted by Gasteiger charge is 2.20. The smallest absolute Gasteiger partial charge is 0.234 e. The molecule has 0 aliphatic carbocycles. The lowest BCUT2D eigenvalue weighted by Crippen LogP contribution is -2.35. The fraction of sp³-hybridized carbons (Fsp3) is 0.250. The monoisotopic (exact) mass is 487 g/mol. The fourth-order valence-electron chi connectivity index (χ4n) is 3.98. The number of nitrogens with zero attached hydrogens (tertiary/aromatic N) is 2. The molecule has 7 heteroatoms. The van der Waals surface area contributed by atoms with Crippen LogP contribution in [0.4, 0.5) is 0 Å². The normalized spacial score (nSPS) is 13.2. The first kappa shape index (κ1) is 24.4. The first-order valence-corrected chi connectivity index (χ1v) is 13.4. The zero-order valence-corrected chi connectivity index (χ0v) is 20.4. The molecular formula is C28H29N3O3S. The topological polar surface area (TPSA) is 82.4 Å². The molecule has 1 N–H and O–H groups in total. The lowest BCUT2D eigenvalue weighted by Gasteiger charge is -2.23. The van der Waals surface area contributed by atoms with Crippen LogP contribution in [0, 0.1) is 11.3 Å². The van der Waals surface area contributed by atoms with Gasteiger partial charge in [-0.15, -0.1) is 0 Å². The minimum atomic E-state index is -3.41. The summed E-state index contributed by atoms with van der Waals surface area (Å²) >= 11 is 0. The zero-order chi connectivity index (χ0) is 24.5. The average Bonchev–Trinajstić information content (AvgIpc) is 3.32. The van der Waals surface area contributed by atoms with E-state index in [0.29, 0.717) is 24.4 Å². The molecule has 0 unspecified atom stereocenters. The quantitative estimate of drug-likeness (QED) is 0.396. The molecule has 6 nitrogen and oxygen atoms in total. The molecule has 0 radical (unpaired) electrons. The Hall–Kier alpha value is -3.76. The van der Waals surface area contributed by atoms with E-state index in [9.17, 15) is 8.42 Å². The van der Waals surface area contributed by atoms with Gasteiger partial charge in [0.1, 0.15) is 11.6 Å². The van der Waals surface area contributed by atoms with Crippen molar-refractivity contribution in [3.05, 3.63) is 102 Å². The highest BCUT2D eigenvalue weighted by atomic mass is 32.2. The molecule has 0 aromatic heterocycles. The van der Waals surface area contributed by atoms with Crippen LogP contribution in [0.1, 0.15) is 24.0 Å².